The summed E-state index contributed by atoms with van der Waals surface area (Å²) < 4.78 is 0. The first-order valence-electron chi connectivity index (χ1n) is 9.81. The van der Waals surface area contributed by atoms with Gasteiger partial charge in [0.2, 0.25) is 0 Å². The lowest BCUT2D eigenvalue weighted by Gasteiger charge is -2.27. The van der Waals surface area contributed by atoms with Crippen molar-refractivity contribution < 1.29 is 9.90 Å². The topological polar surface area (TPSA) is 37.3 Å². The lowest BCUT2D eigenvalue weighted by molar-refractivity contribution is -0.149. The van der Waals surface area contributed by atoms with Crippen LogP contribution in [0.4, 0.5) is 0 Å². The summed E-state index contributed by atoms with van der Waals surface area (Å²) in [7, 11) is 0. The van der Waals surface area contributed by atoms with Crippen LogP contribution in [0.5, 0.6) is 0 Å². The number of rotatable bonds is 15. The maximum absolute atomic E-state index is 11.2. The number of carboxylic acids is 1. The van der Waals surface area contributed by atoms with E-state index in [1.165, 1.54) is 64.2 Å². The van der Waals surface area contributed by atoms with E-state index in [-0.39, 0.29) is 5.92 Å². The zero-order chi connectivity index (χ0) is 17.6. The van der Waals surface area contributed by atoms with E-state index in [4.69, 9.17) is 0 Å². The molecule has 0 fully saturated rings. The van der Waals surface area contributed by atoms with E-state index in [0.29, 0.717) is 0 Å². The van der Waals surface area contributed by atoms with Crippen LogP contribution in [0.3, 0.4) is 0 Å². The summed E-state index contributed by atoms with van der Waals surface area (Å²) in [5.41, 5.74) is -0.600. The van der Waals surface area contributed by atoms with E-state index in [2.05, 4.69) is 26.0 Å². The van der Waals surface area contributed by atoms with Crippen molar-refractivity contribution in [2.24, 2.45) is 11.3 Å². The van der Waals surface area contributed by atoms with Gasteiger partial charge in [0.15, 0.2) is 0 Å². The van der Waals surface area contributed by atoms with Crippen molar-refractivity contribution in [3.05, 3.63) is 12.2 Å². The fourth-order valence-electron chi connectivity index (χ4n) is 2.74. The molecule has 0 aromatic carbocycles. The first-order valence-corrected chi connectivity index (χ1v) is 9.81. The Labute approximate surface area is 144 Å². The highest BCUT2D eigenvalue weighted by atomic mass is 16.4. The minimum Gasteiger partial charge on any atom is -0.481 e. The van der Waals surface area contributed by atoms with Gasteiger partial charge in [-0.05, 0) is 51.9 Å². The Balaban J connectivity index is 3.45. The highest BCUT2D eigenvalue weighted by molar-refractivity contribution is 5.73. The molecule has 0 aromatic rings. The predicted octanol–water partition coefficient (Wildman–Crippen LogP) is 6.99. The highest BCUT2D eigenvalue weighted by Crippen LogP contribution is 2.30. The molecule has 0 aromatic heterocycles. The minimum absolute atomic E-state index is 0.239. The summed E-state index contributed by atoms with van der Waals surface area (Å²) >= 11 is 0. The second-order valence-corrected chi connectivity index (χ2v) is 7.59. The fourth-order valence-corrected chi connectivity index (χ4v) is 2.74. The molecule has 1 unspecified atom stereocenters. The van der Waals surface area contributed by atoms with Crippen LogP contribution >= 0.6 is 0 Å². The van der Waals surface area contributed by atoms with E-state index >= 15 is 0 Å². The number of aliphatic carboxylic acids is 1. The van der Waals surface area contributed by atoms with Gasteiger partial charge in [-0.3, -0.25) is 4.79 Å². The Kier molecular flexibility index (Phi) is 13.2. The summed E-state index contributed by atoms with van der Waals surface area (Å²) in [6.07, 6.45) is 19.9. The molecule has 23 heavy (non-hydrogen) atoms. The van der Waals surface area contributed by atoms with Crippen LogP contribution in [-0.2, 0) is 4.79 Å². The van der Waals surface area contributed by atoms with Gasteiger partial charge >= 0.3 is 5.97 Å². The van der Waals surface area contributed by atoms with Gasteiger partial charge in [-0.1, -0.05) is 70.9 Å². The first-order chi connectivity index (χ1) is 10.9. The summed E-state index contributed by atoms with van der Waals surface area (Å²) in [6, 6.07) is 0. The largest absolute Gasteiger partial charge is 0.481 e. The van der Waals surface area contributed by atoms with Gasteiger partial charge < -0.3 is 5.11 Å². The molecule has 2 nitrogen and oxygen atoms in total. The molecule has 0 aliphatic carbocycles. The summed E-state index contributed by atoms with van der Waals surface area (Å²) in [5, 5.41) is 9.21. The van der Waals surface area contributed by atoms with Crippen LogP contribution in [0, 0.1) is 11.3 Å². The molecule has 0 radical (unpaired) electrons. The SMILES string of the molecule is CCCCCCCC/C=C\CCCCCC(C)C(C)(C)C(=O)O. The molecule has 1 N–H and O–H groups in total. The lowest BCUT2D eigenvalue weighted by atomic mass is 9.77. The van der Waals surface area contributed by atoms with Crippen LogP contribution in [0.1, 0.15) is 105 Å². The Morgan fingerprint density at radius 2 is 1.39 bits per heavy atom. The number of allylic oxidation sites excluding steroid dienone is 2. The number of hydrogen-bond acceptors (Lipinski definition) is 1. The lowest BCUT2D eigenvalue weighted by Crippen LogP contribution is -2.31. The number of carboxylic acid groups (broad SMARTS) is 1. The molecule has 0 aliphatic heterocycles. The molecule has 0 saturated carbocycles. The van der Waals surface area contributed by atoms with Crippen LogP contribution < -0.4 is 0 Å². The molecular formula is C21H40O2. The van der Waals surface area contributed by atoms with Crippen molar-refractivity contribution in [3.8, 4) is 0 Å². The molecular weight excluding hydrogens is 284 g/mol. The molecule has 0 saturated heterocycles. The number of unbranched alkanes of at least 4 members (excludes halogenated alkanes) is 9. The van der Waals surface area contributed by atoms with E-state index in [0.717, 1.165) is 12.8 Å². The van der Waals surface area contributed by atoms with Crippen LogP contribution in [-0.4, -0.2) is 11.1 Å². The third-order valence-electron chi connectivity index (χ3n) is 5.18. The monoisotopic (exact) mass is 324 g/mol. The maximum atomic E-state index is 11.2. The molecule has 0 amide bonds. The average Bonchev–Trinajstić information content (AvgIpc) is 2.51. The smallest absolute Gasteiger partial charge is 0.309 e. The summed E-state index contributed by atoms with van der Waals surface area (Å²) in [6.45, 7) is 8.00. The third kappa shape index (κ3) is 11.4. The number of hydrogen-bond donors (Lipinski definition) is 1. The van der Waals surface area contributed by atoms with Gasteiger partial charge in [0, 0.05) is 0 Å². The van der Waals surface area contributed by atoms with Gasteiger partial charge in [-0.25, -0.2) is 0 Å². The first kappa shape index (κ1) is 22.2. The number of carbonyl (C=O) groups is 1. The van der Waals surface area contributed by atoms with Crippen molar-refractivity contribution in [2.45, 2.75) is 105 Å². The van der Waals surface area contributed by atoms with Crippen LogP contribution in [0.15, 0.2) is 12.2 Å². The van der Waals surface area contributed by atoms with Crippen molar-refractivity contribution in [2.75, 3.05) is 0 Å². The molecule has 0 heterocycles. The molecule has 1 atom stereocenters. The quantitative estimate of drug-likeness (QED) is 0.260. The average molecular weight is 325 g/mol. The molecule has 2 heteroatoms. The van der Waals surface area contributed by atoms with E-state index in [1.807, 2.05) is 13.8 Å². The Hall–Kier alpha value is -0.790. The molecule has 0 aliphatic rings. The van der Waals surface area contributed by atoms with Crippen LogP contribution in [0.25, 0.3) is 0 Å². The van der Waals surface area contributed by atoms with Gasteiger partial charge in [-0.2, -0.15) is 0 Å². The predicted molar refractivity (Wildman–Crippen MR) is 101 cm³/mol. The molecule has 0 rings (SSSR count). The molecule has 0 spiro atoms. The zero-order valence-electron chi connectivity index (χ0n) is 16.1. The van der Waals surface area contributed by atoms with Crippen molar-refractivity contribution in [3.63, 3.8) is 0 Å². The van der Waals surface area contributed by atoms with Crippen molar-refractivity contribution in [1.82, 2.24) is 0 Å². The van der Waals surface area contributed by atoms with Crippen molar-refractivity contribution in [1.29, 1.82) is 0 Å². The molecule has 136 valence electrons. The second-order valence-electron chi connectivity index (χ2n) is 7.59. The van der Waals surface area contributed by atoms with Gasteiger partial charge in [0.05, 0.1) is 5.41 Å². The zero-order valence-corrected chi connectivity index (χ0v) is 16.1. The fraction of sp³-hybridized carbons (Fsp3) is 0.857. The minimum atomic E-state index is -0.678. The van der Waals surface area contributed by atoms with Crippen LogP contribution in [0.2, 0.25) is 0 Å². The van der Waals surface area contributed by atoms with Gasteiger partial charge in [-0.15, -0.1) is 0 Å². The summed E-state index contributed by atoms with van der Waals surface area (Å²) in [5.74, 6) is -0.439. The highest BCUT2D eigenvalue weighted by Gasteiger charge is 2.33. The maximum Gasteiger partial charge on any atom is 0.309 e. The Bertz CT molecular complexity index is 318. The third-order valence-corrected chi connectivity index (χ3v) is 5.18. The normalized spacial score (nSPS) is 13.6. The molecule has 0 bridgehead atoms. The van der Waals surface area contributed by atoms with Crippen molar-refractivity contribution >= 4 is 5.97 Å². The van der Waals surface area contributed by atoms with E-state index < -0.39 is 11.4 Å². The summed E-state index contributed by atoms with van der Waals surface area (Å²) in [4.78, 5) is 11.2. The van der Waals surface area contributed by atoms with Gasteiger partial charge in [0.1, 0.15) is 0 Å². The second kappa shape index (κ2) is 13.6. The van der Waals surface area contributed by atoms with E-state index in [9.17, 15) is 9.90 Å². The van der Waals surface area contributed by atoms with Gasteiger partial charge in [0.25, 0.3) is 0 Å². The Morgan fingerprint density at radius 3 is 1.91 bits per heavy atom. The standard InChI is InChI=1S/C21H40O2/c1-5-6-7-8-9-10-11-12-13-14-15-16-17-18-19(2)21(3,4)20(22)23/h12-13,19H,5-11,14-18H2,1-4H3,(H,22,23)/b13-12-. The van der Waals surface area contributed by atoms with E-state index in [1.54, 1.807) is 0 Å². The Morgan fingerprint density at radius 1 is 0.913 bits per heavy atom.